The van der Waals surface area contributed by atoms with E-state index in [1.807, 2.05) is 25.1 Å². The second-order valence-electron chi connectivity index (χ2n) is 10.0. The molecule has 2 N–H and O–H groups in total. The Balaban J connectivity index is 1.35. The van der Waals surface area contributed by atoms with Crippen LogP contribution in [0.2, 0.25) is 0 Å². The van der Waals surface area contributed by atoms with Crippen LogP contribution in [0.15, 0.2) is 54.3 Å². The number of phenols is 1. The summed E-state index contributed by atoms with van der Waals surface area (Å²) in [7, 11) is 0. The molecule has 0 radical (unpaired) electrons. The number of hydrogen-bond donors (Lipinski definition) is 2. The van der Waals surface area contributed by atoms with Crippen molar-refractivity contribution in [2.75, 3.05) is 19.6 Å². The molecular formula is C28H34FNO3S. The molecule has 1 aliphatic heterocycles. The number of aliphatic hydroxyl groups excluding tert-OH is 1. The zero-order valence-electron chi connectivity index (χ0n) is 19.9. The van der Waals surface area contributed by atoms with E-state index in [0.29, 0.717) is 12.8 Å². The number of nitrogens with zero attached hydrogens (tertiary/aromatic N) is 1. The number of rotatable bonds is 7. The molecule has 0 spiro atoms. The summed E-state index contributed by atoms with van der Waals surface area (Å²) in [6.45, 7) is 7.22. The third kappa shape index (κ3) is 4.68. The van der Waals surface area contributed by atoms with Gasteiger partial charge in [0.2, 0.25) is 0 Å². The first-order chi connectivity index (χ1) is 16.4. The first-order valence-corrected chi connectivity index (χ1v) is 13.3. The van der Waals surface area contributed by atoms with Crippen LogP contribution in [-0.4, -0.2) is 47.0 Å². The fourth-order valence-electron chi connectivity index (χ4n) is 5.38. The van der Waals surface area contributed by atoms with Crippen LogP contribution in [0.1, 0.15) is 55.6 Å². The third-order valence-corrected chi connectivity index (χ3v) is 8.64. The Bertz CT molecular complexity index is 1120. The SMILES string of the molecule is CCCN1CC(OC2=CCC(C(O)c3c(C4C=CC(F)C(C)C4)sc4cc(O)ccc34)C=C2)C1. The Kier molecular flexibility index (Phi) is 6.83. The molecule has 4 nitrogen and oxygen atoms in total. The minimum Gasteiger partial charge on any atom is -0.508 e. The molecule has 2 aromatic rings. The summed E-state index contributed by atoms with van der Waals surface area (Å²) < 4.78 is 21.2. The molecular weight excluding hydrogens is 449 g/mol. The second-order valence-corrected chi connectivity index (χ2v) is 11.1. The van der Waals surface area contributed by atoms with E-state index >= 15 is 0 Å². The highest BCUT2D eigenvalue weighted by molar-refractivity contribution is 7.19. The number of thiophene rings is 1. The van der Waals surface area contributed by atoms with E-state index in [2.05, 4.69) is 24.0 Å². The van der Waals surface area contributed by atoms with Crippen molar-refractivity contribution in [1.82, 2.24) is 4.90 Å². The number of aromatic hydroxyl groups is 1. The third-order valence-electron chi connectivity index (χ3n) is 7.34. The van der Waals surface area contributed by atoms with E-state index in [9.17, 15) is 14.6 Å². The Morgan fingerprint density at radius 3 is 2.76 bits per heavy atom. The first-order valence-electron chi connectivity index (χ1n) is 12.5. The van der Waals surface area contributed by atoms with Gasteiger partial charge in [0, 0.05) is 40.1 Å². The molecule has 5 rings (SSSR count). The van der Waals surface area contributed by atoms with Crippen LogP contribution in [0.3, 0.4) is 0 Å². The van der Waals surface area contributed by atoms with Crippen molar-refractivity contribution in [1.29, 1.82) is 0 Å². The number of benzene rings is 1. The smallest absolute Gasteiger partial charge is 0.124 e. The topological polar surface area (TPSA) is 52.9 Å². The number of alkyl halides is 1. The van der Waals surface area contributed by atoms with Gasteiger partial charge in [-0.3, -0.25) is 4.90 Å². The lowest BCUT2D eigenvalue weighted by atomic mass is 9.81. The molecule has 2 aliphatic carbocycles. The largest absolute Gasteiger partial charge is 0.508 e. The molecule has 2 heterocycles. The van der Waals surface area contributed by atoms with Crippen LogP contribution >= 0.6 is 11.3 Å². The lowest BCUT2D eigenvalue weighted by Gasteiger charge is -2.39. The molecule has 182 valence electrons. The van der Waals surface area contributed by atoms with Gasteiger partial charge in [-0.25, -0.2) is 4.39 Å². The van der Waals surface area contributed by atoms with Crippen LogP contribution in [0.25, 0.3) is 10.1 Å². The molecule has 0 bridgehead atoms. The number of halogens is 1. The van der Waals surface area contributed by atoms with E-state index in [1.165, 1.54) is 0 Å². The number of allylic oxidation sites excluding steroid dienone is 4. The van der Waals surface area contributed by atoms with Gasteiger partial charge in [0.05, 0.1) is 6.10 Å². The molecule has 1 aromatic heterocycles. The molecule has 5 atom stereocenters. The zero-order chi connectivity index (χ0) is 23.8. The van der Waals surface area contributed by atoms with Crippen molar-refractivity contribution in [3.63, 3.8) is 0 Å². The highest BCUT2D eigenvalue weighted by Crippen LogP contribution is 2.47. The Hall–Kier alpha value is -2.15. The Morgan fingerprint density at radius 2 is 2.06 bits per heavy atom. The molecule has 1 fully saturated rings. The highest BCUT2D eigenvalue weighted by Gasteiger charge is 2.33. The van der Waals surface area contributed by atoms with Gasteiger partial charge in [-0.1, -0.05) is 32.1 Å². The van der Waals surface area contributed by atoms with Crippen molar-refractivity contribution >= 4 is 21.4 Å². The summed E-state index contributed by atoms with van der Waals surface area (Å²) in [5, 5.41) is 22.6. The normalized spacial score (nSPS) is 28.6. The predicted molar refractivity (Wildman–Crippen MR) is 136 cm³/mol. The summed E-state index contributed by atoms with van der Waals surface area (Å²) in [5.74, 6) is 1.06. The van der Waals surface area contributed by atoms with Gasteiger partial charge in [0.15, 0.2) is 0 Å². The van der Waals surface area contributed by atoms with Crippen LogP contribution in [0.4, 0.5) is 4.39 Å². The van der Waals surface area contributed by atoms with Crippen LogP contribution < -0.4 is 0 Å². The average Bonchev–Trinajstić information content (AvgIpc) is 3.18. The van der Waals surface area contributed by atoms with Crippen molar-refractivity contribution < 1.29 is 19.3 Å². The number of phenolic OH excluding ortho intramolecular Hbond substituents is 1. The minimum atomic E-state index is -0.919. The van der Waals surface area contributed by atoms with Crippen molar-refractivity contribution in [3.8, 4) is 5.75 Å². The summed E-state index contributed by atoms with van der Waals surface area (Å²) in [6, 6.07) is 5.33. The number of likely N-dealkylation sites (tertiary alicyclic amines) is 1. The van der Waals surface area contributed by atoms with Gasteiger partial charge in [-0.05, 0) is 67.5 Å². The molecule has 0 amide bonds. The fraction of sp³-hybridized carbons (Fsp3) is 0.500. The monoisotopic (exact) mass is 483 g/mol. The molecule has 1 aromatic carbocycles. The lowest BCUT2D eigenvalue weighted by molar-refractivity contribution is -0.0181. The summed E-state index contributed by atoms with van der Waals surface area (Å²) in [5.41, 5.74) is 0.917. The Labute approximate surface area is 205 Å². The maximum absolute atomic E-state index is 14.1. The first kappa shape index (κ1) is 23.6. The van der Waals surface area contributed by atoms with Crippen LogP contribution in [0, 0.1) is 11.8 Å². The van der Waals surface area contributed by atoms with Gasteiger partial charge in [0.1, 0.15) is 23.8 Å². The van der Waals surface area contributed by atoms with Gasteiger partial charge in [-0.15, -0.1) is 11.3 Å². The van der Waals surface area contributed by atoms with E-state index in [1.54, 1.807) is 29.5 Å². The summed E-state index contributed by atoms with van der Waals surface area (Å²) in [6.07, 6.45) is 11.0. The van der Waals surface area contributed by atoms with Gasteiger partial charge in [0.25, 0.3) is 0 Å². The molecule has 1 saturated heterocycles. The predicted octanol–water partition coefficient (Wildman–Crippen LogP) is 6.23. The maximum atomic E-state index is 14.1. The molecule has 34 heavy (non-hydrogen) atoms. The van der Waals surface area contributed by atoms with Crippen molar-refractivity contribution in [2.45, 2.75) is 57.4 Å². The van der Waals surface area contributed by atoms with Gasteiger partial charge < -0.3 is 14.9 Å². The van der Waals surface area contributed by atoms with E-state index < -0.39 is 12.3 Å². The van der Waals surface area contributed by atoms with Crippen LogP contribution in [-0.2, 0) is 4.74 Å². The van der Waals surface area contributed by atoms with Crippen LogP contribution in [0.5, 0.6) is 5.75 Å². The summed E-state index contributed by atoms with van der Waals surface area (Å²) >= 11 is 1.60. The van der Waals surface area contributed by atoms with Crippen molar-refractivity contribution in [2.24, 2.45) is 11.8 Å². The molecule has 6 heteroatoms. The second kappa shape index (κ2) is 9.84. The number of hydrogen-bond acceptors (Lipinski definition) is 5. The van der Waals surface area contributed by atoms with E-state index in [-0.39, 0.29) is 29.6 Å². The van der Waals surface area contributed by atoms with E-state index in [4.69, 9.17) is 4.74 Å². The van der Waals surface area contributed by atoms with Crippen molar-refractivity contribution in [3.05, 3.63) is 64.8 Å². The average molecular weight is 484 g/mol. The zero-order valence-corrected chi connectivity index (χ0v) is 20.7. The number of aliphatic hydroxyl groups is 1. The fourth-order valence-corrected chi connectivity index (χ4v) is 6.75. The number of fused-ring (bicyclic) bond motifs is 1. The number of ether oxygens (including phenoxy) is 1. The lowest BCUT2D eigenvalue weighted by Crippen LogP contribution is -2.52. The Morgan fingerprint density at radius 1 is 1.24 bits per heavy atom. The standard InChI is InChI=1S/C28H34FNO3S/c1-3-12-30-15-22(16-30)33-21-8-4-18(5-9-21)27(32)26-23-10-7-20(31)14-25(23)34-28(26)19-6-11-24(29)17(2)13-19/h4,6-11,14,17-19,22,24,27,31-32H,3,5,12-13,15-16H2,1-2H3. The summed E-state index contributed by atoms with van der Waals surface area (Å²) in [4.78, 5) is 3.48. The highest BCUT2D eigenvalue weighted by atomic mass is 32.1. The molecule has 5 unspecified atom stereocenters. The van der Waals surface area contributed by atoms with Gasteiger partial charge >= 0.3 is 0 Å². The van der Waals surface area contributed by atoms with Gasteiger partial charge in [-0.2, -0.15) is 0 Å². The molecule has 3 aliphatic rings. The van der Waals surface area contributed by atoms with E-state index in [0.717, 1.165) is 52.3 Å². The quantitative estimate of drug-likeness (QED) is 0.459. The minimum absolute atomic E-state index is 0.0596. The molecule has 0 saturated carbocycles. The maximum Gasteiger partial charge on any atom is 0.124 e.